The van der Waals surface area contributed by atoms with Crippen molar-refractivity contribution in [2.75, 3.05) is 0 Å². The molecule has 0 unspecified atom stereocenters. The van der Waals surface area contributed by atoms with Crippen LogP contribution in [0, 0.1) is 6.92 Å². The van der Waals surface area contributed by atoms with E-state index in [0.29, 0.717) is 29.4 Å². The molecule has 4 nitrogen and oxygen atoms in total. The van der Waals surface area contributed by atoms with Gasteiger partial charge in [0.2, 0.25) is 0 Å². The van der Waals surface area contributed by atoms with Gasteiger partial charge in [-0.15, -0.1) is 0 Å². The minimum Gasteiger partial charge on any atom is -0.441 e. The quantitative estimate of drug-likeness (QED) is 0.636. The molecule has 1 aromatic rings. The van der Waals surface area contributed by atoms with E-state index in [1.165, 1.54) is 0 Å². The van der Waals surface area contributed by atoms with Crippen molar-refractivity contribution >= 4 is 0 Å². The van der Waals surface area contributed by atoms with Crippen LogP contribution in [0.1, 0.15) is 11.3 Å². The fraction of sp³-hybridized carbons (Fsp3) is 0.222. The molecule has 68 valence electrons. The lowest BCUT2D eigenvalue weighted by Crippen LogP contribution is -2.18. The average molecular weight is 179 g/mol. The predicted octanol–water partition coefficient (Wildman–Crippen LogP) is 0.683. The first-order valence-electron chi connectivity index (χ1n) is 3.94. The van der Waals surface area contributed by atoms with Gasteiger partial charge in [-0.05, 0) is 13.0 Å². The van der Waals surface area contributed by atoms with Crippen molar-refractivity contribution in [3.8, 4) is 5.75 Å². The molecule has 0 radical (unpaired) electrons. The molecule has 0 amide bonds. The van der Waals surface area contributed by atoms with Gasteiger partial charge in [-0.3, -0.25) is 0 Å². The zero-order valence-electron chi connectivity index (χ0n) is 7.16. The lowest BCUT2D eigenvalue weighted by Gasteiger charge is -2.13. The molecular formula is C9H9NO3. The van der Waals surface area contributed by atoms with Crippen LogP contribution in [0.25, 0.3) is 0 Å². The van der Waals surface area contributed by atoms with Crippen molar-refractivity contribution in [2.45, 2.75) is 13.3 Å². The molecule has 0 fully saturated rings. The van der Waals surface area contributed by atoms with Crippen molar-refractivity contribution in [2.24, 2.45) is 5.73 Å². The van der Waals surface area contributed by atoms with E-state index in [9.17, 15) is 4.79 Å². The Morgan fingerprint density at radius 2 is 2.31 bits per heavy atom. The number of nitrogens with two attached hydrogens (primary N) is 1. The highest BCUT2D eigenvalue weighted by Crippen LogP contribution is 2.22. The molecule has 0 aliphatic carbocycles. The second-order valence-corrected chi connectivity index (χ2v) is 2.90. The molecule has 0 atom stereocenters. The van der Waals surface area contributed by atoms with Gasteiger partial charge >= 0.3 is 5.63 Å². The van der Waals surface area contributed by atoms with Crippen LogP contribution in [-0.2, 0) is 6.42 Å². The minimum absolute atomic E-state index is 0.331. The van der Waals surface area contributed by atoms with E-state index in [1.807, 2.05) is 0 Å². The van der Waals surface area contributed by atoms with Crippen LogP contribution >= 0.6 is 0 Å². The topological polar surface area (TPSA) is 65.5 Å². The van der Waals surface area contributed by atoms with E-state index >= 15 is 0 Å². The van der Waals surface area contributed by atoms with E-state index < -0.39 is 0 Å². The summed E-state index contributed by atoms with van der Waals surface area (Å²) in [7, 11) is 0. The number of aryl methyl sites for hydroxylation is 1. The fourth-order valence-electron chi connectivity index (χ4n) is 1.26. The monoisotopic (exact) mass is 179 g/mol. The van der Waals surface area contributed by atoms with E-state index in [2.05, 4.69) is 0 Å². The molecule has 1 aromatic heterocycles. The van der Waals surface area contributed by atoms with Gasteiger partial charge in [-0.2, -0.15) is 0 Å². The first-order chi connectivity index (χ1) is 6.16. The molecule has 0 saturated heterocycles. The third-order valence-corrected chi connectivity index (χ3v) is 1.87. The number of allylic oxidation sites excluding steroid dienone is 1. The van der Waals surface area contributed by atoms with Crippen LogP contribution in [0.3, 0.4) is 0 Å². The van der Waals surface area contributed by atoms with Crippen molar-refractivity contribution in [3.63, 3.8) is 0 Å². The van der Waals surface area contributed by atoms with Gasteiger partial charge in [0.25, 0.3) is 0 Å². The zero-order chi connectivity index (χ0) is 9.42. The maximum absolute atomic E-state index is 11.3. The van der Waals surface area contributed by atoms with Gasteiger partial charge in [0, 0.05) is 12.5 Å². The summed E-state index contributed by atoms with van der Waals surface area (Å²) < 4.78 is 10.1. The van der Waals surface area contributed by atoms with Crippen LogP contribution in [-0.4, -0.2) is 0 Å². The zero-order valence-corrected chi connectivity index (χ0v) is 7.16. The highest BCUT2D eigenvalue weighted by atomic mass is 16.5. The van der Waals surface area contributed by atoms with Gasteiger partial charge in [-0.25, -0.2) is 4.79 Å². The van der Waals surface area contributed by atoms with E-state index in [-0.39, 0.29) is 5.63 Å². The van der Waals surface area contributed by atoms with Crippen molar-refractivity contribution in [1.82, 2.24) is 0 Å². The number of ether oxygens (including phenoxy) is 1. The molecule has 0 bridgehead atoms. The summed E-state index contributed by atoms with van der Waals surface area (Å²) in [6.45, 7) is 1.69. The molecule has 2 rings (SSSR count). The van der Waals surface area contributed by atoms with Crippen LogP contribution in [0.2, 0.25) is 0 Å². The van der Waals surface area contributed by atoms with Gasteiger partial charge in [0.05, 0.1) is 5.56 Å². The Balaban J connectivity index is 2.59. The smallest absolute Gasteiger partial charge is 0.343 e. The Morgan fingerprint density at radius 1 is 1.54 bits per heavy atom. The largest absolute Gasteiger partial charge is 0.441 e. The van der Waals surface area contributed by atoms with Gasteiger partial charge in [0.1, 0.15) is 11.5 Å². The average Bonchev–Trinajstić information content (AvgIpc) is 2.02. The fourth-order valence-corrected chi connectivity index (χ4v) is 1.26. The Kier molecular flexibility index (Phi) is 1.62. The highest BCUT2D eigenvalue weighted by Gasteiger charge is 2.15. The van der Waals surface area contributed by atoms with Crippen molar-refractivity contribution in [1.29, 1.82) is 0 Å². The van der Waals surface area contributed by atoms with Gasteiger partial charge in [-0.1, -0.05) is 0 Å². The number of rotatable bonds is 0. The summed E-state index contributed by atoms with van der Waals surface area (Å²) in [4.78, 5) is 11.3. The number of hydrogen-bond acceptors (Lipinski definition) is 4. The summed E-state index contributed by atoms with van der Waals surface area (Å²) >= 11 is 0. The first kappa shape index (κ1) is 7.91. The number of hydrogen-bond donors (Lipinski definition) is 1. The Labute approximate surface area is 74.6 Å². The maximum atomic E-state index is 11.3. The molecule has 2 N–H and O–H groups in total. The summed E-state index contributed by atoms with van der Waals surface area (Å²) in [5.41, 5.74) is 5.64. The van der Waals surface area contributed by atoms with Crippen LogP contribution in [0.4, 0.5) is 0 Å². The molecule has 1 aliphatic heterocycles. The third kappa shape index (κ3) is 1.30. The summed E-state index contributed by atoms with van der Waals surface area (Å²) in [6.07, 6.45) is 2.12. The Morgan fingerprint density at radius 3 is 3.08 bits per heavy atom. The highest BCUT2D eigenvalue weighted by molar-refractivity contribution is 5.36. The summed E-state index contributed by atoms with van der Waals surface area (Å²) in [5, 5.41) is 0. The predicted molar refractivity (Wildman–Crippen MR) is 46.3 cm³/mol. The first-order valence-corrected chi connectivity index (χ1v) is 3.94. The maximum Gasteiger partial charge on any atom is 0.343 e. The van der Waals surface area contributed by atoms with E-state index in [1.54, 1.807) is 19.1 Å². The van der Waals surface area contributed by atoms with E-state index in [0.717, 1.165) is 0 Å². The summed E-state index contributed by atoms with van der Waals surface area (Å²) in [5.74, 6) is 1.37. The minimum atomic E-state index is -0.348. The van der Waals surface area contributed by atoms with Crippen LogP contribution < -0.4 is 16.1 Å². The summed E-state index contributed by atoms with van der Waals surface area (Å²) in [6, 6.07) is 1.66. The second kappa shape index (κ2) is 2.65. The standard InChI is InChI=1S/C9H9NO3/c1-5-4-7-6(9(11)12-5)2-3-8(10)13-7/h3-4H,2,10H2,1H3. The lowest BCUT2D eigenvalue weighted by molar-refractivity contribution is 0.382. The van der Waals surface area contributed by atoms with Crippen LogP contribution in [0.5, 0.6) is 5.75 Å². The molecule has 0 aromatic carbocycles. The van der Waals surface area contributed by atoms with E-state index in [4.69, 9.17) is 14.9 Å². The molecule has 0 spiro atoms. The van der Waals surface area contributed by atoms with Crippen molar-refractivity contribution < 1.29 is 9.15 Å². The lowest BCUT2D eigenvalue weighted by atomic mass is 10.1. The number of fused-ring (bicyclic) bond motifs is 1. The normalized spacial score (nSPS) is 14.4. The van der Waals surface area contributed by atoms with Crippen LogP contribution in [0.15, 0.2) is 27.2 Å². The van der Waals surface area contributed by atoms with Gasteiger partial charge < -0.3 is 14.9 Å². The Bertz CT molecular complexity index is 431. The molecule has 1 aliphatic rings. The molecule has 0 saturated carbocycles. The second-order valence-electron chi connectivity index (χ2n) is 2.90. The molecule has 13 heavy (non-hydrogen) atoms. The Hall–Kier alpha value is -1.71. The molecular weight excluding hydrogens is 170 g/mol. The van der Waals surface area contributed by atoms with Crippen molar-refractivity contribution in [3.05, 3.63) is 39.8 Å². The molecule has 2 heterocycles. The SMILES string of the molecule is Cc1cc2c(c(=O)o1)CC=C(N)O2. The molecule has 4 heteroatoms. The third-order valence-electron chi connectivity index (χ3n) is 1.87. The van der Waals surface area contributed by atoms with Gasteiger partial charge in [0.15, 0.2) is 5.88 Å².